The molecule has 162 valence electrons. The van der Waals surface area contributed by atoms with Crippen molar-refractivity contribution in [1.82, 2.24) is 14.5 Å². The molecule has 0 spiro atoms. The number of halogens is 2. The van der Waals surface area contributed by atoms with Crippen LogP contribution in [0.15, 0.2) is 17.1 Å². The second kappa shape index (κ2) is 8.57. The fourth-order valence-electron chi connectivity index (χ4n) is 3.66. The Balaban J connectivity index is 0.00000256. The van der Waals surface area contributed by atoms with E-state index in [2.05, 4.69) is 9.72 Å². The molecule has 11 heteroatoms. The number of piperazine rings is 1. The fraction of sp³-hybridized carbons (Fsp3) is 0.474. The summed E-state index contributed by atoms with van der Waals surface area (Å²) in [4.78, 5) is 43.0. The van der Waals surface area contributed by atoms with Crippen LogP contribution in [0.5, 0.6) is 5.75 Å². The Hall–Kier alpha value is -2.72. The number of ether oxygens (including phenoxy) is 1. The van der Waals surface area contributed by atoms with E-state index in [0.717, 1.165) is 18.9 Å². The topological polar surface area (TPSA) is 105 Å². The fourth-order valence-corrected chi connectivity index (χ4v) is 3.66. The van der Waals surface area contributed by atoms with Gasteiger partial charge in [-0.25, -0.2) is 14.2 Å². The minimum absolute atomic E-state index is 0. The first-order valence-corrected chi connectivity index (χ1v) is 9.46. The van der Waals surface area contributed by atoms with Crippen molar-refractivity contribution in [2.24, 2.45) is 0 Å². The van der Waals surface area contributed by atoms with E-state index in [4.69, 9.17) is 5.11 Å². The molecule has 0 atom stereocenters. The standard InChI is InChI=1S/C19H21FN4O5.ClH/c1-11(25)9-22-4-6-23(7-5-22)18-14(20)8-13-16(26)15(29-19(27)28)10-24(12-2-3-12)17(13)21-18;/h8,10,12H,2-7,9H2,1H3,(H,27,28);1H. The molecule has 0 radical (unpaired) electrons. The van der Waals surface area contributed by atoms with Gasteiger partial charge in [0.1, 0.15) is 11.4 Å². The molecular formula is C19H22ClFN4O5. The Morgan fingerprint density at radius 3 is 2.50 bits per heavy atom. The zero-order chi connectivity index (χ0) is 20.7. The Kier molecular flexibility index (Phi) is 6.27. The summed E-state index contributed by atoms with van der Waals surface area (Å²) in [6, 6.07) is 1.18. The Morgan fingerprint density at radius 2 is 1.93 bits per heavy atom. The second-order valence-corrected chi connectivity index (χ2v) is 7.46. The molecule has 3 heterocycles. The lowest BCUT2D eigenvalue weighted by molar-refractivity contribution is -0.118. The molecule has 1 saturated heterocycles. The third-order valence-corrected chi connectivity index (χ3v) is 5.16. The van der Waals surface area contributed by atoms with Gasteiger partial charge in [0.2, 0.25) is 5.43 Å². The molecular weight excluding hydrogens is 419 g/mol. The van der Waals surface area contributed by atoms with Crippen molar-refractivity contribution in [1.29, 1.82) is 0 Å². The SMILES string of the molecule is CC(=O)CN1CCN(c2nc3c(cc2F)c(=O)c(OC(=O)O)cn3C2CC2)CC1.Cl. The van der Waals surface area contributed by atoms with Crippen molar-refractivity contribution in [3.05, 3.63) is 28.3 Å². The van der Waals surface area contributed by atoms with Gasteiger partial charge in [-0.05, 0) is 25.8 Å². The van der Waals surface area contributed by atoms with Crippen molar-refractivity contribution in [2.75, 3.05) is 37.6 Å². The van der Waals surface area contributed by atoms with Crippen molar-refractivity contribution in [2.45, 2.75) is 25.8 Å². The lowest BCUT2D eigenvalue weighted by Gasteiger charge is -2.35. The quantitative estimate of drug-likeness (QED) is 0.704. The minimum Gasteiger partial charge on any atom is -0.449 e. The van der Waals surface area contributed by atoms with E-state index in [-0.39, 0.29) is 41.2 Å². The molecule has 2 aromatic rings. The van der Waals surface area contributed by atoms with Crippen LogP contribution in [-0.4, -0.2) is 64.2 Å². The molecule has 0 bridgehead atoms. The van der Waals surface area contributed by atoms with Gasteiger partial charge in [0, 0.05) is 32.2 Å². The van der Waals surface area contributed by atoms with E-state index in [0.29, 0.717) is 38.4 Å². The molecule has 0 unspecified atom stereocenters. The van der Waals surface area contributed by atoms with Crippen LogP contribution in [0.4, 0.5) is 15.0 Å². The maximum atomic E-state index is 14.9. The number of aromatic nitrogens is 2. The third kappa shape index (κ3) is 4.39. The number of carbonyl (C=O) groups is 2. The highest BCUT2D eigenvalue weighted by Gasteiger charge is 2.29. The molecule has 0 aromatic carbocycles. The molecule has 1 N–H and O–H groups in total. The summed E-state index contributed by atoms with van der Waals surface area (Å²) < 4.78 is 21.1. The number of carbonyl (C=O) groups excluding carboxylic acids is 1. The summed E-state index contributed by atoms with van der Waals surface area (Å²) >= 11 is 0. The Labute approximate surface area is 177 Å². The summed E-state index contributed by atoms with van der Waals surface area (Å²) in [5.41, 5.74) is -0.388. The monoisotopic (exact) mass is 440 g/mol. The van der Waals surface area contributed by atoms with Gasteiger partial charge in [0.25, 0.3) is 0 Å². The maximum Gasteiger partial charge on any atom is 0.511 e. The second-order valence-electron chi connectivity index (χ2n) is 7.46. The summed E-state index contributed by atoms with van der Waals surface area (Å²) in [6.07, 6.45) is 1.47. The average molecular weight is 441 g/mol. The van der Waals surface area contributed by atoms with Crippen LogP contribution in [0, 0.1) is 5.82 Å². The normalized spacial score (nSPS) is 16.9. The van der Waals surface area contributed by atoms with E-state index in [9.17, 15) is 18.8 Å². The van der Waals surface area contributed by atoms with Crippen molar-refractivity contribution < 1.29 is 23.8 Å². The first-order valence-electron chi connectivity index (χ1n) is 9.46. The van der Waals surface area contributed by atoms with Crippen LogP contribution in [0.2, 0.25) is 0 Å². The van der Waals surface area contributed by atoms with Crippen LogP contribution >= 0.6 is 12.4 Å². The summed E-state index contributed by atoms with van der Waals surface area (Å²) in [7, 11) is 0. The minimum atomic E-state index is -1.60. The zero-order valence-corrected chi connectivity index (χ0v) is 17.2. The number of carboxylic acid groups (broad SMARTS) is 1. The average Bonchev–Trinajstić information content (AvgIpc) is 3.49. The highest BCUT2D eigenvalue weighted by molar-refractivity contribution is 5.85. The van der Waals surface area contributed by atoms with Gasteiger partial charge in [-0.2, -0.15) is 0 Å². The van der Waals surface area contributed by atoms with E-state index < -0.39 is 17.4 Å². The molecule has 0 amide bonds. The summed E-state index contributed by atoms with van der Waals surface area (Å²) in [6.45, 7) is 4.15. The van der Waals surface area contributed by atoms with E-state index in [1.54, 1.807) is 9.47 Å². The van der Waals surface area contributed by atoms with Crippen LogP contribution in [0.1, 0.15) is 25.8 Å². The van der Waals surface area contributed by atoms with E-state index >= 15 is 0 Å². The summed E-state index contributed by atoms with van der Waals surface area (Å²) in [5.74, 6) is -0.768. The van der Waals surface area contributed by atoms with Crippen molar-refractivity contribution in [3.63, 3.8) is 0 Å². The zero-order valence-electron chi connectivity index (χ0n) is 16.3. The number of hydrogen-bond donors (Lipinski definition) is 1. The van der Waals surface area contributed by atoms with Gasteiger partial charge in [-0.1, -0.05) is 0 Å². The lowest BCUT2D eigenvalue weighted by Crippen LogP contribution is -2.48. The number of ketones is 1. The van der Waals surface area contributed by atoms with Crippen LogP contribution in [-0.2, 0) is 4.79 Å². The predicted octanol–water partition coefficient (Wildman–Crippen LogP) is 2.06. The van der Waals surface area contributed by atoms with Crippen LogP contribution < -0.4 is 15.1 Å². The number of rotatable bonds is 5. The smallest absolute Gasteiger partial charge is 0.449 e. The number of Topliss-reactive ketones (excluding diaryl/α,β-unsaturated/α-hetero) is 1. The molecule has 1 aliphatic heterocycles. The highest BCUT2D eigenvalue weighted by atomic mass is 35.5. The van der Waals surface area contributed by atoms with Gasteiger partial charge in [0.05, 0.1) is 18.1 Å². The van der Waals surface area contributed by atoms with Gasteiger partial charge in [-0.15, -0.1) is 12.4 Å². The maximum absolute atomic E-state index is 14.9. The van der Waals surface area contributed by atoms with Gasteiger partial charge >= 0.3 is 6.16 Å². The van der Waals surface area contributed by atoms with Gasteiger partial charge in [-0.3, -0.25) is 14.5 Å². The Morgan fingerprint density at radius 1 is 1.27 bits per heavy atom. The first kappa shape index (κ1) is 22.0. The van der Waals surface area contributed by atoms with Gasteiger partial charge < -0.3 is 19.3 Å². The Bertz CT molecular complexity index is 1050. The number of pyridine rings is 2. The predicted molar refractivity (Wildman–Crippen MR) is 109 cm³/mol. The number of anilines is 1. The van der Waals surface area contributed by atoms with Crippen LogP contribution in [0.25, 0.3) is 11.0 Å². The van der Waals surface area contributed by atoms with E-state index in [1.165, 1.54) is 13.1 Å². The van der Waals surface area contributed by atoms with Crippen molar-refractivity contribution in [3.8, 4) is 5.75 Å². The molecule has 2 aliphatic rings. The number of hydrogen-bond acceptors (Lipinski definition) is 7. The third-order valence-electron chi connectivity index (χ3n) is 5.16. The number of nitrogens with zero attached hydrogens (tertiary/aromatic N) is 4. The number of fused-ring (bicyclic) bond motifs is 1. The van der Waals surface area contributed by atoms with Crippen LogP contribution in [0.3, 0.4) is 0 Å². The largest absolute Gasteiger partial charge is 0.511 e. The molecule has 1 saturated carbocycles. The first-order chi connectivity index (χ1) is 13.8. The van der Waals surface area contributed by atoms with Crippen molar-refractivity contribution >= 4 is 41.2 Å². The highest BCUT2D eigenvalue weighted by Crippen LogP contribution is 2.38. The molecule has 2 fully saturated rings. The molecule has 2 aromatic heterocycles. The van der Waals surface area contributed by atoms with E-state index in [1.807, 2.05) is 4.90 Å². The lowest BCUT2D eigenvalue weighted by atomic mass is 10.2. The molecule has 30 heavy (non-hydrogen) atoms. The molecule has 4 rings (SSSR count). The molecule has 1 aliphatic carbocycles. The summed E-state index contributed by atoms with van der Waals surface area (Å²) in [5, 5.41) is 8.85. The van der Waals surface area contributed by atoms with Gasteiger partial charge in [0.15, 0.2) is 17.4 Å². The molecule has 9 nitrogen and oxygen atoms in total.